The quantitative estimate of drug-likeness (QED) is 0.490. The lowest BCUT2D eigenvalue weighted by Gasteiger charge is -2.16. The van der Waals surface area contributed by atoms with Gasteiger partial charge in [0.25, 0.3) is 0 Å². The minimum atomic E-state index is -0.972. The number of thiophene rings is 2. The molecule has 2 aromatic heterocycles. The predicted octanol–water partition coefficient (Wildman–Crippen LogP) is 3.99. The van der Waals surface area contributed by atoms with Gasteiger partial charge < -0.3 is 0 Å². The van der Waals surface area contributed by atoms with Gasteiger partial charge in [0, 0.05) is 9.75 Å². The summed E-state index contributed by atoms with van der Waals surface area (Å²) in [7, 11) is -0.972. The molecule has 0 aliphatic heterocycles. The third-order valence-corrected chi connectivity index (χ3v) is 8.73. The average molecular weight is 348 g/mol. The Bertz CT molecular complexity index is 825. The van der Waals surface area contributed by atoms with E-state index in [1.54, 1.807) is 0 Å². The second-order valence-electron chi connectivity index (χ2n) is 5.25. The van der Waals surface area contributed by atoms with Crippen LogP contribution in [0.3, 0.4) is 0 Å². The molecule has 0 amide bonds. The van der Waals surface area contributed by atoms with Gasteiger partial charge in [0.2, 0.25) is 0 Å². The summed E-state index contributed by atoms with van der Waals surface area (Å²) in [4.78, 5) is 2.81. The zero-order chi connectivity index (χ0) is 15.5. The summed E-state index contributed by atoms with van der Waals surface area (Å²) in [5.41, 5.74) is 0. The number of hydrogen-bond acceptors (Lipinski definition) is 2. The van der Waals surface area contributed by atoms with E-state index in [0.29, 0.717) is 0 Å². The molecule has 0 N–H and O–H groups in total. The minimum absolute atomic E-state index is 0.972. The molecule has 0 saturated heterocycles. The Morgan fingerprint density at radius 3 is 1.78 bits per heavy atom. The van der Waals surface area contributed by atoms with Crippen molar-refractivity contribution in [2.45, 2.75) is 0 Å². The van der Waals surface area contributed by atoms with Gasteiger partial charge in [-0.3, -0.25) is 0 Å². The third-order valence-electron chi connectivity index (χ3n) is 3.80. The Morgan fingerprint density at radius 2 is 1.22 bits per heavy atom. The molecule has 111 valence electrons. The van der Waals surface area contributed by atoms with E-state index in [2.05, 4.69) is 89.6 Å². The molecule has 0 saturated carbocycles. The maximum Gasteiger partial charge on any atom is 0.156 e. The number of rotatable bonds is 4. The van der Waals surface area contributed by atoms with Crippen LogP contribution in [-0.2, 0) is 0 Å². The molecule has 0 spiro atoms. The molecule has 0 aliphatic rings. The summed E-state index contributed by atoms with van der Waals surface area (Å²) in [6.45, 7) is 0. The Morgan fingerprint density at radius 1 is 0.565 bits per heavy atom. The fourth-order valence-corrected chi connectivity index (χ4v) is 7.79. The van der Waals surface area contributed by atoms with Gasteiger partial charge in [-0.15, -0.1) is 22.7 Å². The lowest BCUT2D eigenvalue weighted by molar-refractivity contribution is 1.73. The Labute approximate surface area is 146 Å². The van der Waals surface area contributed by atoms with Crippen LogP contribution in [0.1, 0.15) is 0 Å². The molecule has 4 aromatic rings. The SMILES string of the molecule is c1ccc([Si](c2ccccc2)c2ccsc2-c2cccs2)cc1. The molecule has 0 unspecified atom stereocenters. The molecule has 0 bridgehead atoms. The van der Waals surface area contributed by atoms with E-state index in [1.807, 2.05) is 22.7 Å². The predicted molar refractivity (Wildman–Crippen MR) is 105 cm³/mol. The van der Waals surface area contributed by atoms with Crippen LogP contribution in [0.5, 0.6) is 0 Å². The first-order valence-electron chi connectivity index (χ1n) is 7.53. The first-order valence-corrected chi connectivity index (χ1v) is 10.8. The van der Waals surface area contributed by atoms with Crippen molar-refractivity contribution in [3.63, 3.8) is 0 Å². The monoisotopic (exact) mass is 347 g/mol. The van der Waals surface area contributed by atoms with Crippen LogP contribution in [0, 0.1) is 0 Å². The van der Waals surface area contributed by atoms with Crippen molar-refractivity contribution in [2.24, 2.45) is 0 Å². The van der Waals surface area contributed by atoms with Crippen molar-refractivity contribution in [1.82, 2.24) is 0 Å². The highest BCUT2D eigenvalue weighted by Gasteiger charge is 2.23. The van der Waals surface area contributed by atoms with E-state index in [-0.39, 0.29) is 0 Å². The summed E-state index contributed by atoms with van der Waals surface area (Å²) < 4.78 is 0. The van der Waals surface area contributed by atoms with Crippen molar-refractivity contribution >= 4 is 47.0 Å². The molecule has 0 nitrogen and oxygen atoms in total. The van der Waals surface area contributed by atoms with Crippen LogP contribution < -0.4 is 15.6 Å². The van der Waals surface area contributed by atoms with Gasteiger partial charge in [-0.05, 0) is 22.0 Å². The summed E-state index contributed by atoms with van der Waals surface area (Å²) in [6, 6.07) is 28.6. The summed E-state index contributed by atoms with van der Waals surface area (Å²) >= 11 is 3.69. The highest BCUT2D eigenvalue weighted by molar-refractivity contribution is 7.22. The van der Waals surface area contributed by atoms with E-state index < -0.39 is 8.80 Å². The Balaban J connectivity index is 1.89. The first kappa shape index (κ1) is 14.6. The smallest absolute Gasteiger partial charge is 0.143 e. The summed E-state index contributed by atoms with van der Waals surface area (Å²) in [5, 5.41) is 8.79. The second-order valence-corrected chi connectivity index (χ2v) is 9.55. The molecular formula is C20H15S2Si. The fourth-order valence-electron chi connectivity index (χ4n) is 2.79. The Hall–Kier alpha value is -1.94. The zero-order valence-electron chi connectivity index (χ0n) is 12.5. The van der Waals surface area contributed by atoms with E-state index in [9.17, 15) is 0 Å². The fraction of sp³-hybridized carbons (Fsp3) is 0. The summed E-state index contributed by atoms with van der Waals surface area (Å²) in [6.07, 6.45) is 0. The van der Waals surface area contributed by atoms with Crippen molar-refractivity contribution < 1.29 is 0 Å². The maximum absolute atomic E-state index is 2.33. The molecule has 3 heteroatoms. The molecule has 0 atom stereocenters. The van der Waals surface area contributed by atoms with E-state index in [1.165, 1.54) is 25.3 Å². The van der Waals surface area contributed by atoms with Gasteiger partial charge in [-0.2, -0.15) is 0 Å². The maximum atomic E-state index is 2.33. The van der Waals surface area contributed by atoms with Gasteiger partial charge in [-0.1, -0.05) is 83.2 Å². The molecule has 0 fully saturated rings. The normalized spacial score (nSPS) is 11.0. The van der Waals surface area contributed by atoms with Crippen molar-refractivity contribution in [3.05, 3.63) is 89.6 Å². The standard InChI is InChI=1S/C20H15S2Si/c1-3-8-16(9-4-1)23(17-10-5-2-6-11-17)19-13-15-22-20(19)18-12-7-14-21-18/h1-15H. The molecule has 2 aromatic carbocycles. The van der Waals surface area contributed by atoms with Crippen molar-refractivity contribution in [1.29, 1.82) is 0 Å². The third kappa shape index (κ3) is 2.95. The van der Waals surface area contributed by atoms with Crippen molar-refractivity contribution in [2.75, 3.05) is 0 Å². The first-order chi connectivity index (χ1) is 11.4. The van der Waals surface area contributed by atoms with Gasteiger partial charge in [0.05, 0.1) is 0 Å². The highest BCUT2D eigenvalue weighted by Crippen LogP contribution is 2.27. The minimum Gasteiger partial charge on any atom is -0.143 e. The van der Waals surface area contributed by atoms with Gasteiger partial charge >= 0.3 is 0 Å². The molecule has 2 heterocycles. The van der Waals surface area contributed by atoms with Crippen LogP contribution in [-0.4, -0.2) is 8.80 Å². The summed E-state index contributed by atoms with van der Waals surface area (Å²) in [5.74, 6) is 0. The lowest BCUT2D eigenvalue weighted by atomic mass is 10.3. The van der Waals surface area contributed by atoms with E-state index >= 15 is 0 Å². The van der Waals surface area contributed by atoms with Crippen LogP contribution in [0.4, 0.5) is 0 Å². The largest absolute Gasteiger partial charge is 0.156 e. The van der Waals surface area contributed by atoms with E-state index in [0.717, 1.165) is 0 Å². The zero-order valence-corrected chi connectivity index (χ0v) is 15.1. The lowest BCUT2D eigenvalue weighted by Crippen LogP contribution is -2.51. The van der Waals surface area contributed by atoms with Crippen LogP contribution in [0.25, 0.3) is 9.75 Å². The van der Waals surface area contributed by atoms with Gasteiger partial charge in [0.15, 0.2) is 8.80 Å². The van der Waals surface area contributed by atoms with Crippen LogP contribution in [0.15, 0.2) is 89.6 Å². The van der Waals surface area contributed by atoms with Crippen LogP contribution >= 0.6 is 22.7 Å². The molecule has 23 heavy (non-hydrogen) atoms. The van der Waals surface area contributed by atoms with Crippen LogP contribution in [0.2, 0.25) is 0 Å². The molecular weight excluding hydrogens is 332 g/mol. The van der Waals surface area contributed by atoms with E-state index in [4.69, 9.17) is 0 Å². The van der Waals surface area contributed by atoms with Gasteiger partial charge in [0.1, 0.15) is 0 Å². The molecule has 0 aliphatic carbocycles. The van der Waals surface area contributed by atoms with Crippen molar-refractivity contribution in [3.8, 4) is 9.75 Å². The number of hydrogen-bond donors (Lipinski definition) is 0. The highest BCUT2D eigenvalue weighted by atomic mass is 32.1. The second kappa shape index (κ2) is 6.67. The Kier molecular flexibility index (Phi) is 4.24. The molecule has 4 rings (SSSR count). The molecule has 1 radical (unpaired) electrons. The topological polar surface area (TPSA) is 0 Å². The number of benzene rings is 2. The average Bonchev–Trinajstić information content (AvgIpc) is 3.28. The van der Waals surface area contributed by atoms with Gasteiger partial charge in [-0.25, -0.2) is 0 Å².